The third kappa shape index (κ3) is 5.01. The van der Waals surface area contributed by atoms with Crippen molar-refractivity contribution < 1.29 is 14.7 Å². The number of hydrogen-bond acceptors (Lipinski definition) is 2. The zero-order chi connectivity index (χ0) is 11.8. The van der Waals surface area contributed by atoms with Gasteiger partial charge in [0.05, 0.1) is 0 Å². The van der Waals surface area contributed by atoms with Gasteiger partial charge in [-0.15, -0.1) is 0 Å². The average molecular weight is 219 g/mol. The molecule has 0 aliphatic carbocycles. The van der Waals surface area contributed by atoms with Gasteiger partial charge < -0.3 is 10.4 Å². The van der Waals surface area contributed by atoms with Crippen LogP contribution in [-0.2, 0) is 16.0 Å². The van der Waals surface area contributed by atoms with Crippen molar-refractivity contribution in [2.75, 3.05) is 6.54 Å². The maximum atomic E-state index is 11.1. The highest BCUT2D eigenvalue weighted by Gasteiger charge is 2.03. The summed E-state index contributed by atoms with van der Waals surface area (Å²) in [5.74, 6) is -1.26. The van der Waals surface area contributed by atoms with Gasteiger partial charge in [-0.05, 0) is 18.9 Å². The monoisotopic (exact) mass is 219 g/mol. The molecule has 0 heterocycles. The maximum Gasteiger partial charge on any atom is 0.322 e. The van der Waals surface area contributed by atoms with Gasteiger partial charge in [0, 0.05) is 12.0 Å². The first-order valence-electron chi connectivity index (χ1n) is 5.04. The molecule has 0 aromatic heterocycles. The first-order valence-corrected chi connectivity index (χ1v) is 5.04. The van der Waals surface area contributed by atoms with Gasteiger partial charge in [-0.25, -0.2) is 0 Å². The summed E-state index contributed by atoms with van der Waals surface area (Å²) in [6.45, 7) is -0.315. The second-order valence-electron chi connectivity index (χ2n) is 3.34. The van der Waals surface area contributed by atoms with E-state index in [-0.39, 0.29) is 12.5 Å². The van der Waals surface area contributed by atoms with Crippen molar-refractivity contribution >= 4 is 11.9 Å². The SMILES string of the molecule is O=C(O)CNC(=O)CCCc1c#cccc1. The molecular formula is C12H13NO3. The predicted octanol–water partition coefficient (Wildman–Crippen LogP) is 0.810. The lowest BCUT2D eigenvalue weighted by molar-refractivity contribution is -0.137. The first kappa shape index (κ1) is 12.1. The quantitative estimate of drug-likeness (QED) is 0.744. The molecule has 0 spiro atoms. The smallest absolute Gasteiger partial charge is 0.322 e. The zero-order valence-electron chi connectivity index (χ0n) is 8.82. The van der Waals surface area contributed by atoms with E-state index < -0.39 is 5.97 Å². The Morgan fingerprint density at radius 3 is 2.88 bits per heavy atom. The van der Waals surface area contributed by atoms with Crippen LogP contribution in [0.1, 0.15) is 18.4 Å². The molecule has 1 aromatic rings. The molecule has 0 aliphatic rings. The minimum Gasteiger partial charge on any atom is -0.480 e. The summed E-state index contributed by atoms with van der Waals surface area (Å²) in [6, 6.07) is 11.3. The zero-order valence-corrected chi connectivity index (χ0v) is 8.82. The van der Waals surface area contributed by atoms with Crippen LogP contribution in [0.3, 0.4) is 0 Å². The van der Waals surface area contributed by atoms with E-state index in [0.717, 1.165) is 12.0 Å². The lowest BCUT2D eigenvalue weighted by Gasteiger charge is -2.01. The highest BCUT2D eigenvalue weighted by Crippen LogP contribution is 2.00. The number of hydrogen-bond donors (Lipinski definition) is 2. The van der Waals surface area contributed by atoms with E-state index in [1.54, 1.807) is 6.07 Å². The van der Waals surface area contributed by atoms with E-state index in [1.165, 1.54) is 0 Å². The van der Waals surface area contributed by atoms with Crippen molar-refractivity contribution in [1.29, 1.82) is 0 Å². The van der Waals surface area contributed by atoms with Gasteiger partial charge in [0.1, 0.15) is 6.54 Å². The van der Waals surface area contributed by atoms with Crippen LogP contribution in [0.2, 0.25) is 0 Å². The predicted molar refractivity (Wildman–Crippen MR) is 57.7 cm³/mol. The molecule has 4 heteroatoms. The number of amides is 1. The molecule has 4 nitrogen and oxygen atoms in total. The van der Waals surface area contributed by atoms with Crippen LogP contribution >= 0.6 is 0 Å². The Bertz CT molecular complexity index is 349. The lowest BCUT2D eigenvalue weighted by atomic mass is 10.1. The first-order chi connectivity index (χ1) is 7.68. The second-order valence-corrected chi connectivity index (χ2v) is 3.34. The Kier molecular flexibility index (Phi) is 4.87. The number of carboxylic acids is 1. The number of aryl methyl sites for hydroxylation is 1. The van der Waals surface area contributed by atoms with Gasteiger partial charge in [-0.3, -0.25) is 9.59 Å². The van der Waals surface area contributed by atoms with E-state index in [9.17, 15) is 9.59 Å². The van der Waals surface area contributed by atoms with Crippen LogP contribution in [0.4, 0.5) is 0 Å². The van der Waals surface area contributed by atoms with Crippen molar-refractivity contribution in [2.45, 2.75) is 19.3 Å². The van der Waals surface area contributed by atoms with E-state index in [0.29, 0.717) is 12.8 Å². The number of carbonyl (C=O) groups excluding carboxylic acids is 1. The third-order valence-corrected chi connectivity index (χ3v) is 2.00. The van der Waals surface area contributed by atoms with E-state index in [4.69, 9.17) is 5.11 Å². The molecule has 0 atom stereocenters. The van der Waals surface area contributed by atoms with Crippen LogP contribution in [0.25, 0.3) is 0 Å². The lowest BCUT2D eigenvalue weighted by Crippen LogP contribution is -2.28. The van der Waals surface area contributed by atoms with Crippen LogP contribution in [-0.4, -0.2) is 23.5 Å². The summed E-state index contributed by atoms with van der Waals surface area (Å²) in [5, 5.41) is 10.7. The Hall–Kier alpha value is -2.02. The molecule has 0 saturated carbocycles. The normalized spacial score (nSPS) is 9.25. The van der Waals surface area contributed by atoms with Crippen LogP contribution in [0.15, 0.2) is 18.2 Å². The molecule has 1 rings (SSSR count). The van der Waals surface area contributed by atoms with Crippen molar-refractivity contribution in [1.82, 2.24) is 5.32 Å². The molecule has 0 aliphatic heterocycles. The molecule has 0 unspecified atom stereocenters. The standard InChI is InChI=1S/C12H13NO3/c14-11(13-9-12(15)16)8-4-7-10-5-2-1-3-6-10/h1-2,5H,4,7-9H2,(H,13,14)(H,15,16). The van der Waals surface area contributed by atoms with Crippen molar-refractivity contribution in [3.05, 3.63) is 35.9 Å². The molecule has 0 saturated heterocycles. The molecule has 1 amide bonds. The van der Waals surface area contributed by atoms with Gasteiger partial charge in [0.25, 0.3) is 0 Å². The average Bonchev–Trinajstić information content (AvgIpc) is 2.28. The molecular weight excluding hydrogens is 206 g/mol. The number of rotatable bonds is 6. The van der Waals surface area contributed by atoms with Crippen molar-refractivity contribution in [2.24, 2.45) is 0 Å². The molecule has 0 bridgehead atoms. The number of aliphatic carboxylic acids is 1. The summed E-state index contributed by atoms with van der Waals surface area (Å²) in [7, 11) is 0. The maximum absolute atomic E-state index is 11.1. The van der Waals surface area contributed by atoms with Crippen LogP contribution in [0, 0.1) is 12.1 Å². The van der Waals surface area contributed by atoms with E-state index in [1.807, 2.05) is 12.1 Å². The fourth-order valence-electron chi connectivity index (χ4n) is 1.24. The fourth-order valence-corrected chi connectivity index (χ4v) is 1.24. The minimum absolute atomic E-state index is 0.234. The highest BCUT2D eigenvalue weighted by molar-refractivity contribution is 5.80. The van der Waals surface area contributed by atoms with Crippen molar-refractivity contribution in [3.8, 4) is 0 Å². The molecule has 0 fully saturated rings. The molecule has 1 aromatic carbocycles. The van der Waals surface area contributed by atoms with E-state index in [2.05, 4.69) is 17.4 Å². The number of carboxylic acid groups (broad SMARTS) is 1. The van der Waals surface area contributed by atoms with Gasteiger partial charge in [-0.1, -0.05) is 24.3 Å². The van der Waals surface area contributed by atoms with Crippen LogP contribution < -0.4 is 5.32 Å². The Morgan fingerprint density at radius 2 is 2.25 bits per heavy atom. The van der Waals surface area contributed by atoms with Gasteiger partial charge in [0.15, 0.2) is 0 Å². The third-order valence-electron chi connectivity index (χ3n) is 2.00. The number of nitrogens with one attached hydrogen (secondary N) is 1. The Balaban J connectivity index is 2.16. The summed E-state index contributed by atoms with van der Waals surface area (Å²) < 4.78 is 0. The van der Waals surface area contributed by atoms with Gasteiger partial charge >= 0.3 is 5.97 Å². The van der Waals surface area contributed by atoms with Crippen LogP contribution in [0.5, 0.6) is 0 Å². The highest BCUT2D eigenvalue weighted by atomic mass is 16.4. The molecule has 0 radical (unpaired) electrons. The van der Waals surface area contributed by atoms with Crippen molar-refractivity contribution in [3.63, 3.8) is 0 Å². The summed E-state index contributed by atoms with van der Waals surface area (Å²) in [6.07, 6.45) is 1.76. The molecule has 2 N–H and O–H groups in total. The summed E-state index contributed by atoms with van der Waals surface area (Å²) in [4.78, 5) is 21.3. The Labute approximate surface area is 94.3 Å². The number of carbonyl (C=O) groups is 2. The minimum atomic E-state index is -1.03. The molecule has 84 valence electrons. The molecule has 16 heavy (non-hydrogen) atoms. The topological polar surface area (TPSA) is 66.4 Å². The Morgan fingerprint density at radius 1 is 1.44 bits per heavy atom. The fraction of sp³-hybridized carbons (Fsp3) is 0.333. The largest absolute Gasteiger partial charge is 0.480 e. The van der Waals surface area contributed by atoms with Gasteiger partial charge in [0.2, 0.25) is 5.91 Å². The summed E-state index contributed by atoms with van der Waals surface area (Å²) >= 11 is 0. The van der Waals surface area contributed by atoms with Gasteiger partial charge in [-0.2, -0.15) is 0 Å². The summed E-state index contributed by atoms with van der Waals surface area (Å²) in [5.41, 5.74) is 1.01. The second kappa shape index (κ2) is 6.46. The van der Waals surface area contributed by atoms with E-state index >= 15 is 0 Å².